The molecule has 0 aliphatic carbocycles. The molecule has 0 spiro atoms. The maximum atomic E-state index is 9.17. The smallest absolute Gasteiger partial charge is 0.230 e. The van der Waals surface area contributed by atoms with Gasteiger partial charge < -0.3 is 9.52 Å². The molecular formula is C16H21N3O2. The largest absolute Gasteiger partial charge is 0.424 e. The van der Waals surface area contributed by atoms with Crippen LogP contribution in [-0.4, -0.2) is 39.9 Å². The second kappa shape index (κ2) is 6.37. The number of aliphatic hydroxyl groups is 1. The Bertz CT molecular complexity index is 597. The minimum absolute atomic E-state index is 0.263. The third-order valence-corrected chi connectivity index (χ3v) is 4.10. The average molecular weight is 287 g/mol. The number of rotatable bonds is 5. The first-order valence-corrected chi connectivity index (χ1v) is 7.43. The van der Waals surface area contributed by atoms with Gasteiger partial charge in [-0.25, -0.2) is 0 Å². The van der Waals surface area contributed by atoms with Crippen LogP contribution in [0.3, 0.4) is 0 Å². The third-order valence-electron chi connectivity index (χ3n) is 4.10. The molecule has 1 fully saturated rings. The maximum Gasteiger partial charge on any atom is 0.230 e. The van der Waals surface area contributed by atoms with Crippen molar-refractivity contribution in [2.45, 2.75) is 26.3 Å². The molecule has 1 aliphatic heterocycles. The van der Waals surface area contributed by atoms with E-state index in [9.17, 15) is 0 Å². The first-order valence-electron chi connectivity index (χ1n) is 7.43. The third kappa shape index (κ3) is 3.49. The van der Waals surface area contributed by atoms with Gasteiger partial charge in [0.25, 0.3) is 0 Å². The number of hydrogen-bond acceptors (Lipinski definition) is 5. The fourth-order valence-electron chi connectivity index (χ4n) is 2.79. The van der Waals surface area contributed by atoms with Crippen molar-refractivity contribution in [3.63, 3.8) is 0 Å². The number of hydrogen-bond donors (Lipinski definition) is 1. The van der Waals surface area contributed by atoms with E-state index >= 15 is 0 Å². The van der Waals surface area contributed by atoms with Crippen molar-refractivity contribution < 1.29 is 9.52 Å². The zero-order chi connectivity index (χ0) is 14.7. The Hall–Kier alpha value is -1.72. The van der Waals surface area contributed by atoms with E-state index in [2.05, 4.69) is 34.2 Å². The van der Waals surface area contributed by atoms with Crippen molar-refractivity contribution in [1.29, 1.82) is 0 Å². The lowest BCUT2D eigenvalue weighted by Crippen LogP contribution is -2.21. The standard InChI is InChI=1S/C16H21N3O2/c1-12-4-2-3-5-14(12)8-15-17-18-16(21-15)10-19-7-6-13(9-19)11-20/h2-5,13,20H,6-11H2,1H3. The zero-order valence-corrected chi connectivity index (χ0v) is 12.3. The summed E-state index contributed by atoms with van der Waals surface area (Å²) in [5.41, 5.74) is 2.46. The van der Waals surface area contributed by atoms with E-state index in [0.717, 1.165) is 19.5 Å². The van der Waals surface area contributed by atoms with Crippen molar-refractivity contribution in [2.24, 2.45) is 5.92 Å². The molecule has 0 bridgehead atoms. The highest BCUT2D eigenvalue weighted by Crippen LogP contribution is 2.18. The highest BCUT2D eigenvalue weighted by molar-refractivity contribution is 5.27. The first kappa shape index (κ1) is 14.2. The molecule has 1 aliphatic rings. The molecule has 21 heavy (non-hydrogen) atoms. The number of benzene rings is 1. The summed E-state index contributed by atoms with van der Waals surface area (Å²) < 4.78 is 5.75. The van der Waals surface area contributed by atoms with Crippen molar-refractivity contribution in [3.8, 4) is 0 Å². The molecule has 1 unspecified atom stereocenters. The van der Waals surface area contributed by atoms with E-state index in [1.54, 1.807) is 0 Å². The molecule has 1 aromatic heterocycles. The van der Waals surface area contributed by atoms with Crippen LogP contribution < -0.4 is 0 Å². The molecule has 0 amide bonds. The van der Waals surface area contributed by atoms with Crippen LogP contribution >= 0.6 is 0 Å². The first-order chi connectivity index (χ1) is 10.2. The molecule has 1 atom stereocenters. The van der Waals surface area contributed by atoms with Gasteiger partial charge in [0.05, 0.1) is 13.0 Å². The highest BCUT2D eigenvalue weighted by atomic mass is 16.4. The summed E-state index contributed by atoms with van der Waals surface area (Å²) in [6.45, 7) is 4.93. The second-order valence-corrected chi connectivity index (χ2v) is 5.77. The Morgan fingerprint density at radius 3 is 2.86 bits per heavy atom. The lowest BCUT2D eigenvalue weighted by Gasteiger charge is -2.12. The molecule has 3 rings (SSSR count). The predicted molar refractivity (Wildman–Crippen MR) is 78.8 cm³/mol. The van der Waals surface area contributed by atoms with Crippen LogP contribution in [0.2, 0.25) is 0 Å². The van der Waals surface area contributed by atoms with Gasteiger partial charge in [0.2, 0.25) is 11.8 Å². The van der Waals surface area contributed by atoms with Gasteiger partial charge in [0.15, 0.2) is 0 Å². The fourth-order valence-corrected chi connectivity index (χ4v) is 2.79. The Kier molecular flexibility index (Phi) is 4.31. The molecule has 2 aromatic rings. The summed E-state index contributed by atoms with van der Waals surface area (Å²) in [6.07, 6.45) is 1.72. The number of likely N-dealkylation sites (tertiary alicyclic amines) is 1. The van der Waals surface area contributed by atoms with Gasteiger partial charge >= 0.3 is 0 Å². The van der Waals surface area contributed by atoms with Crippen molar-refractivity contribution in [2.75, 3.05) is 19.7 Å². The summed E-state index contributed by atoms with van der Waals surface area (Å²) in [5.74, 6) is 1.72. The normalized spacial score (nSPS) is 19.2. The fraction of sp³-hybridized carbons (Fsp3) is 0.500. The van der Waals surface area contributed by atoms with Crippen LogP contribution in [0.1, 0.15) is 29.3 Å². The minimum atomic E-state index is 0.263. The van der Waals surface area contributed by atoms with Crippen molar-refractivity contribution in [1.82, 2.24) is 15.1 Å². The molecule has 5 nitrogen and oxygen atoms in total. The minimum Gasteiger partial charge on any atom is -0.424 e. The summed E-state index contributed by atoms with van der Waals surface area (Å²) in [6, 6.07) is 8.24. The van der Waals surface area contributed by atoms with Gasteiger partial charge in [-0.2, -0.15) is 0 Å². The van der Waals surface area contributed by atoms with E-state index in [1.807, 2.05) is 12.1 Å². The molecule has 1 aromatic carbocycles. The molecule has 1 saturated heterocycles. The molecule has 1 N–H and O–H groups in total. The van der Waals surface area contributed by atoms with Crippen LogP contribution in [0.25, 0.3) is 0 Å². The van der Waals surface area contributed by atoms with Crippen LogP contribution in [0.4, 0.5) is 0 Å². The van der Waals surface area contributed by atoms with Crippen LogP contribution in [-0.2, 0) is 13.0 Å². The van der Waals surface area contributed by atoms with Gasteiger partial charge in [-0.1, -0.05) is 24.3 Å². The Morgan fingerprint density at radius 1 is 1.29 bits per heavy atom. The second-order valence-electron chi connectivity index (χ2n) is 5.77. The molecule has 0 radical (unpaired) electrons. The van der Waals surface area contributed by atoms with E-state index in [0.29, 0.717) is 30.7 Å². The van der Waals surface area contributed by atoms with Crippen molar-refractivity contribution >= 4 is 0 Å². The summed E-state index contributed by atoms with van der Waals surface area (Å²) in [5, 5.41) is 17.4. The van der Waals surface area contributed by atoms with Crippen LogP contribution in [0.15, 0.2) is 28.7 Å². The SMILES string of the molecule is Cc1ccccc1Cc1nnc(CN2CCC(CO)C2)o1. The molecule has 0 saturated carbocycles. The topological polar surface area (TPSA) is 62.4 Å². The lowest BCUT2D eigenvalue weighted by atomic mass is 10.1. The molecule has 112 valence electrons. The van der Waals surface area contributed by atoms with Gasteiger partial charge in [-0.3, -0.25) is 4.90 Å². The Labute approximate surface area is 124 Å². The number of aliphatic hydroxyl groups excluding tert-OH is 1. The highest BCUT2D eigenvalue weighted by Gasteiger charge is 2.23. The van der Waals surface area contributed by atoms with E-state index in [4.69, 9.17) is 9.52 Å². The Morgan fingerprint density at radius 2 is 2.10 bits per heavy atom. The van der Waals surface area contributed by atoms with E-state index in [-0.39, 0.29) is 6.61 Å². The number of nitrogens with zero attached hydrogens (tertiary/aromatic N) is 3. The van der Waals surface area contributed by atoms with Gasteiger partial charge in [0.1, 0.15) is 0 Å². The number of aryl methyl sites for hydroxylation is 1. The van der Waals surface area contributed by atoms with Gasteiger partial charge in [-0.15, -0.1) is 10.2 Å². The van der Waals surface area contributed by atoms with Crippen molar-refractivity contribution in [3.05, 3.63) is 47.2 Å². The maximum absolute atomic E-state index is 9.17. The quantitative estimate of drug-likeness (QED) is 0.908. The Balaban J connectivity index is 1.60. The predicted octanol–water partition coefficient (Wildman–Crippen LogP) is 1.78. The summed E-state index contributed by atoms with van der Waals surface area (Å²) in [4.78, 5) is 2.26. The van der Waals surface area contributed by atoms with E-state index < -0.39 is 0 Å². The zero-order valence-electron chi connectivity index (χ0n) is 12.3. The van der Waals surface area contributed by atoms with Gasteiger partial charge in [0, 0.05) is 13.2 Å². The molecular weight excluding hydrogens is 266 g/mol. The monoisotopic (exact) mass is 287 g/mol. The molecule has 5 heteroatoms. The van der Waals surface area contributed by atoms with Crippen LogP contribution in [0.5, 0.6) is 0 Å². The lowest BCUT2D eigenvalue weighted by molar-refractivity contribution is 0.214. The summed E-state index contributed by atoms with van der Waals surface area (Å²) in [7, 11) is 0. The van der Waals surface area contributed by atoms with Gasteiger partial charge in [-0.05, 0) is 36.9 Å². The van der Waals surface area contributed by atoms with Crippen LogP contribution in [0, 0.1) is 12.8 Å². The summed E-state index contributed by atoms with van der Waals surface area (Å²) >= 11 is 0. The molecule has 2 heterocycles. The number of aromatic nitrogens is 2. The average Bonchev–Trinajstić information content (AvgIpc) is 3.11. The van der Waals surface area contributed by atoms with E-state index in [1.165, 1.54) is 11.1 Å².